The van der Waals surface area contributed by atoms with Gasteiger partial charge in [0.05, 0.1) is 12.2 Å². The second-order valence-corrected chi connectivity index (χ2v) is 6.12. The van der Waals surface area contributed by atoms with E-state index in [2.05, 4.69) is 0 Å². The minimum Gasteiger partial charge on any atom is -0.434 e. The minimum atomic E-state index is -1.03. The average molecular weight is 321 g/mol. The number of likely N-dealkylation sites (tertiary alicyclic amines) is 1. The molecule has 1 aromatic carbocycles. The zero-order valence-electron chi connectivity index (χ0n) is 12.5. The zero-order chi connectivity index (χ0) is 16.8. The van der Waals surface area contributed by atoms with Gasteiger partial charge in [-0.1, -0.05) is 13.0 Å². The number of carbonyl (C=O) groups is 3. The molecule has 2 N–H and O–H groups in total. The van der Waals surface area contributed by atoms with Gasteiger partial charge in [-0.3, -0.25) is 14.5 Å². The third-order valence-electron chi connectivity index (χ3n) is 4.30. The van der Waals surface area contributed by atoms with E-state index in [1.165, 1.54) is 11.0 Å². The molecule has 0 bridgehead atoms. The molecule has 2 heterocycles. The van der Waals surface area contributed by atoms with Gasteiger partial charge in [-0.15, -0.1) is 0 Å². The summed E-state index contributed by atoms with van der Waals surface area (Å²) in [6, 6.07) is 4.42. The molecule has 2 aliphatic rings. The van der Waals surface area contributed by atoms with Crippen LogP contribution in [0.4, 0.5) is 14.9 Å². The number of ether oxygens (including phenoxy) is 1. The van der Waals surface area contributed by atoms with E-state index < -0.39 is 29.3 Å². The van der Waals surface area contributed by atoms with Gasteiger partial charge in [0.25, 0.3) is 5.91 Å². The molecule has 2 saturated heterocycles. The van der Waals surface area contributed by atoms with Crippen molar-refractivity contribution in [2.24, 2.45) is 5.73 Å². The maximum Gasteiger partial charge on any atom is 0.415 e. The number of rotatable bonds is 4. The predicted octanol–water partition coefficient (Wildman–Crippen LogP) is 0.366. The first-order valence-corrected chi connectivity index (χ1v) is 7.11. The molecule has 0 aliphatic carbocycles. The molecule has 1 aromatic rings. The smallest absolute Gasteiger partial charge is 0.415 e. The number of primary amides is 1. The van der Waals surface area contributed by atoms with Crippen molar-refractivity contribution in [1.29, 1.82) is 0 Å². The largest absolute Gasteiger partial charge is 0.434 e. The second kappa shape index (κ2) is 5.22. The third-order valence-corrected chi connectivity index (χ3v) is 4.30. The molecule has 0 spiro atoms. The number of carbonyl (C=O) groups excluding carboxylic acids is 3. The van der Waals surface area contributed by atoms with Crippen LogP contribution in [0.1, 0.15) is 12.5 Å². The second-order valence-electron chi connectivity index (χ2n) is 6.12. The van der Waals surface area contributed by atoms with Gasteiger partial charge in [0.1, 0.15) is 5.82 Å². The molecule has 7 nitrogen and oxygen atoms in total. The Kier molecular flexibility index (Phi) is 3.46. The van der Waals surface area contributed by atoms with Crippen molar-refractivity contribution >= 4 is 24.1 Å². The molecule has 23 heavy (non-hydrogen) atoms. The zero-order valence-corrected chi connectivity index (χ0v) is 12.5. The van der Waals surface area contributed by atoms with Crippen LogP contribution in [0.25, 0.3) is 0 Å². The fraction of sp³-hybridized carbons (Fsp3) is 0.400. The van der Waals surface area contributed by atoms with Gasteiger partial charge >= 0.3 is 6.09 Å². The highest BCUT2D eigenvalue weighted by Gasteiger charge is 2.42. The maximum atomic E-state index is 14.5. The van der Waals surface area contributed by atoms with Gasteiger partial charge in [-0.2, -0.15) is 0 Å². The monoisotopic (exact) mass is 321 g/mol. The summed E-state index contributed by atoms with van der Waals surface area (Å²) < 4.78 is 19.3. The van der Waals surface area contributed by atoms with E-state index in [0.717, 1.165) is 6.41 Å². The van der Waals surface area contributed by atoms with Crippen LogP contribution in [-0.2, 0) is 19.7 Å². The molecule has 0 unspecified atom stereocenters. The molecule has 122 valence electrons. The van der Waals surface area contributed by atoms with E-state index in [9.17, 15) is 18.8 Å². The van der Waals surface area contributed by atoms with Crippen LogP contribution in [0.3, 0.4) is 0 Å². The lowest BCUT2D eigenvalue weighted by Crippen LogP contribution is -2.57. The Morgan fingerprint density at radius 1 is 1.48 bits per heavy atom. The fourth-order valence-corrected chi connectivity index (χ4v) is 3.08. The number of benzene rings is 1. The van der Waals surface area contributed by atoms with Gasteiger partial charge in [0.15, 0.2) is 6.10 Å². The van der Waals surface area contributed by atoms with Crippen LogP contribution in [0.2, 0.25) is 0 Å². The van der Waals surface area contributed by atoms with Gasteiger partial charge < -0.3 is 15.4 Å². The van der Waals surface area contributed by atoms with Gasteiger partial charge in [0.2, 0.25) is 6.41 Å². The van der Waals surface area contributed by atoms with Crippen molar-refractivity contribution in [1.82, 2.24) is 4.90 Å². The summed E-state index contributed by atoms with van der Waals surface area (Å²) >= 11 is 0. The standard InChI is InChI=1S/C15H16FN3O4/c1-15(6-18(7-15)8-20)10-3-2-9(4-11(10)16)19-5-12(13(17)21)23-14(19)22/h2-4,8,12H,5-7H2,1H3,(H2,17,21)/t12-/m1/s1. The van der Waals surface area contributed by atoms with Crippen LogP contribution in [0.5, 0.6) is 0 Å². The molecule has 0 aromatic heterocycles. The molecule has 2 fully saturated rings. The predicted molar refractivity (Wildman–Crippen MR) is 78.2 cm³/mol. The number of anilines is 1. The minimum absolute atomic E-state index is 0.0386. The van der Waals surface area contributed by atoms with Crippen molar-refractivity contribution in [3.05, 3.63) is 29.6 Å². The molecule has 1 atom stereocenters. The molecule has 3 rings (SSSR count). The van der Waals surface area contributed by atoms with E-state index >= 15 is 0 Å². The normalized spacial score (nSPS) is 22.5. The summed E-state index contributed by atoms with van der Waals surface area (Å²) in [5, 5.41) is 0. The van der Waals surface area contributed by atoms with Crippen molar-refractivity contribution in [3.63, 3.8) is 0 Å². The SMILES string of the molecule is CC1(c2ccc(N3C[C@H](C(N)=O)OC3=O)cc2F)CN(C=O)C1. The highest BCUT2D eigenvalue weighted by molar-refractivity contribution is 5.95. The van der Waals surface area contributed by atoms with E-state index in [0.29, 0.717) is 24.3 Å². The van der Waals surface area contributed by atoms with Crippen LogP contribution in [-0.4, -0.2) is 49.0 Å². The van der Waals surface area contributed by atoms with E-state index in [1.54, 1.807) is 17.0 Å². The first-order chi connectivity index (χ1) is 10.8. The number of nitrogens with two attached hydrogens (primary N) is 1. The number of halogens is 1. The summed E-state index contributed by atoms with van der Waals surface area (Å²) in [5.74, 6) is -1.21. The number of amides is 3. The summed E-state index contributed by atoms with van der Waals surface area (Å²) in [5.41, 5.74) is 5.46. The fourth-order valence-electron chi connectivity index (χ4n) is 3.08. The lowest BCUT2D eigenvalue weighted by molar-refractivity contribution is -0.125. The van der Waals surface area contributed by atoms with Crippen LogP contribution >= 0.6 is 0 Å². The number of nitrogens with zero attached hydrogens (tertiary/aromatic N) is 2. The first kappa shape index (κ1) is 15.3. The third kappa shape index (κ3) is 2.49. The number of hydrogen-bond donors (Lipinski definition) is 1. The summed E-state index contributed by atoms with van der Waals surface area (Å²) in [6.45, 7) is 2.73. The number of cyclic esters (lactones) is 1. The first-order valence-electron chi connectivity index (χ1n) is 7.11. The Balaban J connectivity index is 1.82. The Bertz CT molecular complexity index is 687. The molecular weight excluding hydrogens is 305 g/mol. The van der Waals surface area contributed by atoms with Crippen molar-refractivity contribution in [2.45, 2.75) is 18.4 Å². The van der Waals surface area contributed by atoms with Crippen molar-refractivity contribution < 1.29 is 23.5 Å². The molecule has 0 radical (unpaired) electrons. The molecule has 0 saturated carbocycles. The van der Waals surface area contributed by atoms with Crippen LogP contribution in [0.15, 0.2) is 18.2 Å². The molecule has 3 amide bonds. The maximum absolute atomic E-state index is 14.5. The average Bonchev–Trinajstić information content (AvgIpc) is 2.86. The Labute approximate surface area is 131 Å². The highest BCUT2D eigenvalue weighted by Crippen LogP contribution is 2.36. The number of hydrogen-bond acceptors (Lipinski definition) is 4. The van der Waals surface area contributed by atoms with Gasteiger partial charge in [-0.05, 0) is 17.7 Å². The summed E-state index contributed by atoms with van der Waals surface area (Å²) in [4.78, 5) is 36.3. The summed E-state index contributed by atoms with van der Waals surface area (Å²) in [6.07, 6.45) is -1.03. The topological polar surface area (TPSA) is 92.9 Å². The quantitative estimate of drug-likeness (QED) is 0.811. The highest BCUT2D eigenvalue weighted by atomic mass is 19.1. The van der Waals surface area contributed by atoms with Crippen LogP contribution in [0, 0.1) is 5.82 Å². The van der Waals surface area contributed by atoms with Crippen molar-refractivity contribution in [2.75, 3.05) is 24.5 Å². The molecular formula is C15H16FN3O4. The van der Waals surface area contributed by atoms with Crippen LogP contribution < -0.4 is 10.6 Å². The molecule has 8 heteroatoms. The van der Waals surface area contributed by atoms with E-state index in [-0.39, 0.29) is 6.54 Å². The Hall–Kier alpha value is -2.64. The Morgan fingerprint density at radius 2 is 2.17 bits per heavy atom. The molecule has 2 aliphatic heterocycles. The van der Waals surface area contributed by atoms with Crippen molar-refractivity contribution in [3.8, 4) is 0 Å². The van der Waals surface area contributed by atoms with E-state index in [1.807, 2.05) is 6.92 Å². The van der Waals surface area contributed by atoms with Gasteiger partial charge in [0, 0.05) is 18.5 Å². The Morgan fingerprint density at radius 3 is 2.70 bits per heavy atom. The van der Waals surface area contributed by atoms with E-state index in [4.69, 9.17) is 10.5 Å². The lowest BCUT2D eigenvalue weighted by atomic mass is 9.75. The van der Waals surface area contributed by atoms with Gasteiger partial charge in [-0.25, -0.2) is 9.18 Å². The summed E-state index contributed by atoms with van der Waals surface area (Å²) in [7, 11) is 0. The lowest BCUT2D eigenvalue weighted by Gasteiger charge is -2.46.